The third kappa shape index (κ3) is 8.28. The molecule has 2 aliphatic rings. The maximum absolute atomic E-state index is 12.8. The van der Waals surface area contributed by atoms with Crippen LogP contribution in [0.3, 0.4) is 0 Å². The molecule has 1 aromatic carbocycles. The van der Waals surface area contributed by atoms with Crippen molar-refractivity contribution in [3.05, 3.63) is 46.6 Å². The normalized spacial score (nSPS) is 20.1. The summed E-state index contributed by atoms with van der Waals surface area (Å²) in [5.74, 6) is 0.901. The monoisotopic (exact) mass is 554 g/mol. The van der Waals surface area contributed by atoms with E-state index in [4.69, 9.17) is 26.3 Å². The number of carbonyl (C=O) groups excluding carboxylic acids is 2. The van der Waals surface area contributed by atoms with E-state index in [1.54, 1.807) is 24.3 Å². The van der Waals surface area contributed by atoms with Gasteiger partial charge in [0.1, 0.15) is 17.4 Å². The molecular weight excluding hydrogens is 520 g/mol. The molecule has 208 valence electrons. The van der Waals surface area contributed by atoms with Gasteiger partial charge in [-0.2, -0.15) is 5.26 Å². The van der Waals surface area contributed by atoms with Crippen LogP contribution in [0.2, 0.25) is 5.02 Å². The summed E-state index contributed by atoms with van der Waals surface area (Å²) in [6.45, 7) is 8.72. The van der Waals surface area contributed by atoms with E-state index < -0.39 is 5.60 Å². The smallest absolute Gasteiger partial charge is 0.320 e. The van der Waals surface area contributed by atoms with Gasteiger partial charge in [0.15, 0.2) is 11.5 Å². The molecule has 0 spiro atoms. The molecule has 0 bridgehead atoms. The minimum absolute atomic E-state index is 0.0332. The fourth-order valence-corrected chi connectivity index (χ4v) is 4.96. The molecule has 1 aliphatic heterocycles. The van der Waals surface area contributed by atoms with Crippen molar-refractivity contribution in [2.24, 2.45) is 0 Å². The van der Waals surface area contributed by atoms with Crippen molar-refractivity contribution < 1.29 is 19.1 Å². The Bertz CT molecular complexity index is 1190. The van der Waals surface area contributed by atoms with Crippen LogP contribution in [-0.2, 0) is 9.53 Å². The van der Waals surface area contributed by atoms with E-state index in [1.165, 1.54) is 0 Å². The maximum atomic E-state index is 12.8. The minimum Gasteiger partial charge on any atom is -0.490 e. The highest BCUT2D eigenvalue weighted by atomic mass is 35.5. The highest BCUT2D eigenvalue weighted by molar-refractivity contribution is 6.31. The quantitative estimate of drug-likeness (QED) is 0.512. The Kier molecular flexibility index (Phi) is 9.25. The fraction of sp³-hybridized carbons (Fsp3) is 0.536. The van der Waals surface area contributed by atoms with E-state index in [-0.39, 0.29) is 36.3 Å². The molecule has 0 atom stereocenters. The van der Waals surface area contributed by atoms with Gasteiger partial charge in [-0.3, -0.25) is 14.5 Å². The number of esters is 1. The number of nitriles is 1. The summed E-state index contributed by atoms with van der Waals surface area (Å²) in [7, 11) is 0. The molecule has 11 heteroatoms. The molecule has 1 saturated heterocycles. The van der Waals surface area contributed by atoms with Crippen molar-refractivity contribution in [3.63, 3.8) is 0 Å². The molecule has 4 rings (SSSR count). The van der Waals surface area contributed by atoms with Gasteiger partial charge in [-0.25, -0.2) is 0 Å². The van der Waals surface area contributed by atoms with Crippen molar-refractivity contribution in [1.29, 1.82) is 5.26 Å². The molecule has 2 aromatic rings. The minimum atomic E-state index is -0.487. The number of nitrogens with zero attached hydrogens (tertiary/aromatic N) is 5. The van der Waals surface area contributed by atoms with Gasteiger partial charge >= 0.3 is 5.97 Å². The summed E-state index contributed by atoms with van der Waals surface area (Å²) in [5.41, 5.74) is 0.219. The average molecular weight is 555 g/mol. The van der Waals surface area contributed by atoms with Crippen LogP contribution in [0.1, 0.15) is 62.5 Å². The van der Waals surface area contributed by atoms with Crippen LogP contribution in [0, 0.1) is 11.3 Å². The second-order valence-electron chi connectivity index (χ2n) is 10.9. The summed E-state index contributed by atoms with van der Waals surface area (Å²) >= 11 is 6.10. The Morgan fingerprint density at radius 2 is 1.79 bits per heavy atom. The van der Waals surface area contributed by atoms with E-state index >= 15 is 0 Å². The highest BCUT2D eigenvalue weighted by Crippen LogP contribution is 2.27. The maximum Gasteiger partial charge on any atom is 0.320 e. The van der Waals surface area contributed by atoms with Crippen LogP contribution in [-0.4, -0.2) is 77.4 Å². The third-order valence-electron chi connectivity index (χ3n) is 6.73. The zero-order valence-electron chi connectivity index (χ0n) is 22.7. The Labute approximate surface area is 234 Å². The molecule has 10 nitrogen and oxygen atoms in total. The van der Waals surface area contributed by atoms with E-state index in [1.807, 2.05) is 32.9 Å². The number of aromatic nitrogens is 2. The predicted molar refractivity (Wildman–Crippen MR) is 147 cm³/mol. The first kappa shape index (κ1) is 28.6. The number of anilines is 1. The van der Waals surface area contributed by atoms with Crippen molar-refractivity contribution in [3.8, 4) is 11.8 Å². The first-order valence-electron chi connectivity index (χ1n) is 13.3. The van der Waals surface area contributed by atoms with Crippen molar-refractivity contribution in [1.82, 2.24) is 20.4 Å². The summed E-state index contributed by atoms with van der Waals surface area (Å²) in [5, 5.41) is 20.9. The summed E-state index contributed by atoms with van der Waals surface area (Å²) in [6, 6.07) is 10.7. The summed E-state index contributed by atoms with van der Waals surface area (Å²) < 4.78 is 11.4. The number of hydrogen-bond donors (Lipinski definition) is 1. The Balaban J connectivity index is 1.19. The molecule has 1 saturated carbocycles. The SMILES string of the molecule is CC(C)(C)OC(=O)CN1CCN(c2ccc(C(=O)NC3CCC(Oc4ccc(C#N)c(Cl)c4)CC3)nn2)CC1. The van der Waals surface area contributed by atoms with Crippen LogP contribution in [0.5, 0.6) is 5.75 Å². The van der Waals surface area contributed by atoms with Crippen LogP contribution in [0.25, 0.3) is 0 Å². The topological polar surface area (TPSA) is 121 Å². The molecular formula is C28H35ClN6O4. The lowest BCUT2D eigenvalue weighted by Gasteiger charge is -2.35. The number of piperazine rings is 1. The molecule has 2 fully saturated rings. The van der Waals surface area contributed by atoms with Gasteiger partial charge in [0, 0.05) is 38.3 Å². The number of ether oxygens (including phenoxy) is 2. The molecule has 0 unspecified atom stereocenters. The largest absolute Gasteiger partial charge is 0.490 e. The third-order valence-corrected chi connectivity index (χ3v) is 7.04. The van der Waals surface area contributed by atoms with Gasteiger partial charge in [-0.05, 0) is 70.7 Å². The fourth-order valence-electron chi connectivity index (χ4n) is 4.74. The lowest BCUT2D eigenvalue weighted by molar-refractivity contribution is -0.156. The van der Waals surface area contributed by atoms with Gasteiger partial charge in [0.25, 0.3) is 5.91 Å². The van der Waals surface area contributed by atoms with Crippen LogP contribution in [0.4, 0.5) is 5.82 Å². The van der Waals surface area contributed by atoms with Gasteiger partial charge in [0.05, 0.1) is 23.2 Å². The lowest BCUT2D eigenvalue weighted by Crippen LogP contribution is -2.49. The number of nitrogens with one attached hydrogen (secondary N) is 1. The number of carbonyl (C=O) groups is 2. The number of benzene rings is 1. The van der Waals surface area contributed by atoms with Gasteiger partial charge in [-0.15, -0.1) is 10.2 Å². The predicted octanol–water partition coefficient (Wildman–Crippen LogP) is 3.59. The van der Waals surface area contributed by atoms with Crippen molar-refractivity contribution in [2.75, 3.05) is 37.6 Å². The van der Waals surface area contributed by atoms with Crippen molar-refractivity contribution in [2.45, 2.75) is 64.2 Å². The van der Waals surface area contributed by atoms with E-state index in [9.17, 15) is 9.59 Å². The number of hydrogen-bond acceptors (Lipinski definition) is 9. The van der Waals surface area contributed by atoms with Crippen LogP contribution in [0.15, 0.2) is 30.3 Å². The molecule has 1 amide bonds. The molecule has 2 heterocycles. The zero-order chi connectivity index (χ0) is 28.0. The Hall–Kier alpha value is -3.42. The summed E-state index contributed by atoms with van der Waals surface area (Å²) in [4.78, 5) is 29.0. The van der Waals surface area contributed by atoms with Gasteiger partial charge in [-0.1, -0.05) is 11.6 Å². The molecule has 1 N–H and O–H groups in total. The molecule has 0 radical (unpaired) electrons. The second-order valence-corrected chi connectivity index (χ2v) is 11.4. The average Bonchev–Trinajstić information content (AvgIpc) is 2.89. The lowest BCUT2D eigenvalue weighted by atomic mass is 9.93. The van der Waals surface area contributed by atoms with E-state index in [2.05, 4.69) is 25.3 Å². The zero-order valence-corrected chi connectivity index (χ0v) is 23.4. The molecule has 1 aliphatic carbocycles. The number of amides is 1. The molecule has 1 aromatic heterocycles. The first-order chi connectivity index (χ1) is 18.6. The van der Waals surface area contributed by atoms with Gasteiger partial charge < -0.3 is 19.7 Å². The number of halogens is 1. The first-order valence-corrected chi connectivity index (χ1v) is 13.7. The Morgan fingerprint density at radius 1 is 1.08 bits per heavy atom. The standard InChI is InChI=1S/C28H35ClN6O4/c1-28(2,3)39-26(36)18-34-12-14-35(15-13-34)25-11-10-24(32-33-25)27(37)31-20-5-8-21(9-6-20)38-22-7-4-19(17-30)23(29)16-22/h4,7,10-11,16,20-21H,5-6,8-9,12-15,18H2,1-3H3,(H,31,37). The molecule has 39 heavy (non-hydrogen) atoms. The van der Waals surface area contributed by atoms with E-state index in [0.29, 0.717) is 48.3 Å². The summed E-state index contributed by atoms with van der Waals surface area (Å²) in [6.07, 6.45) is 3.21. The van der Waals surface area contributed by atoms with Crippen molar-refractivity contribution >= 4 is 29.3 Å². The van der Waals surface area contributed by atoms with Crippen LogP contribution < -0.4 is 15.0 Å². The second kappa shape index (κ2) is 12.6. The Morgan fingerprint density at radius 3 is 2.38 bits per heavy atom. The van der Waals surface area contributed by atoms with Crippen LogP contribution >= 0.6 is 11.6 Å². The van der Waals surface area contributed by atoms with Gasteiger partial charge in [0.2, 0.25) is 0 Å². The highest BCUT2D eigenvalue weighted by Gasteiger charge is 2.26. The number of rotatable bonds is 7. The van der Waals surface area contributed by atoms with E-state index in [0.717, 1.165) is 25.7 Å².